The van der Waals surface area contributed by atoms with E-state index in [1.807, 2.05) is 0 Å². The molecule has 1 aliphatic heterocycles. The van der Waals surface area contributed by atoms with Crippen molar-refractivity contribution in [1.29, 1.82) is 0 Å². The summed E-state index contributed by atoms with van der Waals surface area (Å²) in [4.78, 5) is 10.9. The minimum absolute atomic E-state index is 0.356. The summed E-state index contributed by atoms with van der Waals surface area (Å²) in [5.74, 6) is -0.371. The zero-order valence-corrected chi connectivity index (χ0v) is 6.45. The molecule has 1 saturated heterocycles. The Bertz CT molecular complexity index is 145. The number of carbonyl (C=O) groups is 1. The van der Waals surface area contributed by atoms with Crippen molar-refractivity contribution in [3.05, 3.63) is 0 Å². The van der Waals surface area contributed by atoms with Gasteiger partial charge in [-0.05, 0) is 13.3 Å². The molecule has 4 nitrogen and oxygen atoms in total. The lowest BCUT2D eigenvalue weighted by atomic mass is 10.2. The third-order valence-corrected chi connectivity index (χ3v) is 1.55. The van der Waals surface area contributed by atoms with Gasteiger partial charge in [-0.1, -0.05) is 0 Å². The maximum absolute atomic E-state index is 10.9. The summed E-state index contributed by atoms with van der Waals surface area (Å²) in [5.41, 5.74) is 0. The number of esters is 1. The van der Waals surface area contributed by atoms with Gasteiger partial charge in [0.2, 0.25) is 0 Å². The van der Waals surface area contributed by atoms with E-state index in [1.165, 1.54) is 0 Å². The molecule has 1 aliphatic rings. The summed E-state index contributed by atoms with van der Waals surface area (Å²) in [5, 5.41) is 8.89. The molecule has 1 rings (SSSR count). The van der Waals surface area contributed by atoms with Crippen LogP contribution in [-0.4, -0.2) is 30.1 Å². The maximum atomic E-state index is 10.9. The van der Waals surface area contributed by atoms with Gasteiger partial charge >= 0.3 is 5.97 Å². The van der Waals surface area contributed by atoms with Gasteiger partial charge in [-0.2, -0.15) is 0 Å². The van der Waals surface area contributed by atoms with Crippen LogP contribution in [0.3, 0.4) is 0 Å². The zero-order valence-electron chi connectivity index (χ0n) is 6.45. The van der Waals surface area contributed by atoms with Crippen LogP contribution in [0.4, 0.5) is 0 Å². The largest absolute Gasteiger partial charge is 0.464 e. The predicted molar refractivity (Wildman–Crippen MR) is 36.7 cm³/mol. The van der Waals surface area contributed by atoms with Crippen molar-refractivity contribution in [3.8, 4) is 0 Å². The number of rotatable bonds is 2. The second kappa shape index (κ2) is 3.69. The molecule has 64 valence electrons. The number of hydrogen-bond donors (Lipinski definition) is 1. The molecule has 0 bridgehead atoms. The first kappa shape index (κ1) is 8.49. The summed E-state index contributed by atoms with van der Waals surface area (Å²) in [6.07, 6.45) is -0.266. The van der Waals surface area contributed by atoms with E-state index in [0.29, 0.717) is 19.4 Å². The Labute approximate surface area is 65.1 Å². The smallest absolute Gasteiger partial charge is 0.335 e. The van der Waals surface area contributed by atoms with Gasteiger partial charge in [0.05, 0.1) is 6.61 Å². The molecule has 2 atom stereocenters. The summed E-state index contributed by atoms with van der Waals surface area (Å²) in [6, 6.07) is 0. The highest BCUT2D eigenvalue weighted by Gasteiger charge is 2.30. The highest BCUT2D eigenvalue weighted by atomic mass is 16.6. The Hall–Kier alpha value is -0.610. The number of ether oxygens (including phenoxy) is 2. The molecular weight excluding hydrogens is 148 g/mol. The maximum Gasteiger partial charge on any atom is 0.335 e. The van der Waals surface area contributed by atoms with Gasteiger partial charge in [-0.15, -0.1) is 0 Å². The Morgan fingerprint density at radius 3 is 2.91 bits per heavy atom. The SMILES string of the molecule is CCOC(=O)[C@H]1CC[C@H](O)O1. The number of hydrogen-bond acceptors (Lipinski definition) is 4. The Kier molecular flexibility index (Phi) is 2.84. The monoisotopic (exact) mass is 160 g/mol. The van der Waals surface area contributed by atoms with Crippen molar-refractivity contribution in [2.75, 3.05) is 6.61 Å². The molecular formula is C7H12O4. The predicted octanol–water partition coefficient (Wildman–Crippen LogP) is 0.0469. The molecule has 1 N–H and O–H groups in total. The number of aliphatic hydroxyl groups is 1. The molecule has 1 fully saturated rings. The molecule has 0 aliphatic carbocycles. The van der Waals surface area contributed by atoms with Crippen LogP contribution in [0.15, 0.2) is 0 Å². The van der Waals surface area contributed by atoms with E-state index in [-0.39, 0.29) is 5.97 Å². The highest BCUT2D eigenvalue weighted by molar-refractivity contribution is 5.74. The lowest BCUT2D eigenvalue weighted by Gasteiger charge is -2.08. The minimum Gasteiger partial charge on any atom is -0.464 e. The topological polar surface area (TPSA) is 55.8 Å². The Balaban J connectivity index is 2.31. The van der Waals surface area contributed by atoms with Crippen molar-refractivity contribution in [2.45, 2.75) is 32.2 Å². The van der Waals surface area contributed by atoms with E-state index in [9.17, 15) is 4.79 Å². The van der Waals surface area contributed by atoms with Gasteiger partial charge in [0, 0.05) is 6.42 Å². The van der Waals surface area contributed by atoms with E-state index in [1.54, 1.807) is 6.92 Å². The zero-order chi connectivity index (χ0) is 8.27. The molecule has 0 spiro atoms. The molecule has 0 amide bonds. The molecule has 0 radical (unpaired) electrons. The molecule has 4 heteroatoms. The van der Waals surface area contributed by atoms with Gasteiger partial charge in [0.1, 0.15) is 0 Å². The molecule has 0 aromatic carbocycles. The molecule has 0 aromatic rings. The third kappa shape index (κ3) is 2.17. The van der Waals surface area contributed by atoms with Crippen molar-refractivity contribution in [2.24, 2.45) is 0 Å². The van der Waals surface area contributed by atoms with Gasteiger partial charge in [-0.3, -0.25) is 0 Å². The molecule has 0 unspecified atom stereocenters. The summed E-state index contributed by atoms with van der Waals surface area (Å²) >= 11 is 0. The molecule has 11 heavy (non-hydrogen) atoms. The van der Waals surface area contributed by atoms with Crippen LogP contribution in [0, 0.1) is 0 Å². The fraction of sp³-hybridized carbons (Fsp3) is 0.857. The fourth-order valence-electron chi connectivity index (χ4n) is 1.03. The lowest BCUT2D eigenvalue weighted by molar-refractivity contribution is -0.164. The average Bonchev–Trinajstić information content (AvgIpc) is 2.36. The van der Waals surface area contributed by atoms with Crippen LogP contribution in [0.25, 0.3) is 0 Å². The van der Waals surface area contributed by atoms with E-state index >= 15 is 0 Å². The molecule has 0 saturated carbocycles. The third-order valence-electron chi connectivity index (χ3n) is 1.55. The summed E-state index contributed by atoms with van der Waals surface area (Å²) in [7, 11) is 0. The first-order valence-electron chi connectivity index (χ1n) is 3.74. The Morgan fingerprint density at radius 2 is 2.45 bits per heavy atom. The fourth-order valence-corrected chi connectivity index (χ4v) is 1.03. The van der Waals surface area contributed by atoms with Crippen LogP contribution in [0.2, 0.25) is 0 Å². The first-order valence-corrected chi connectivity index (χ1v) is 3.74. The highest BCUT2D eigenvalue weighted by Crippen LogP contribution is 2.18. The van der Waals surface area contributed by atoms with E-state index in [2.05, 4.69) is 0 Å². The molecule has 0 aromatic heterocycles. The second-order valence-corrected chi connectivity index (χ2v) is 2.41. The van der Waals surface area contributed by atoms with Crippen LogP contribution in [0.1, 0.15) is 19.8 Å². The standard InChI is InChI=1S/C7H12O4/c1-2-10-7(9)5-3-4-6(8)11-5/h5-6,8H,2-4H2,1H3/t5-,6-/m1/s1. The lowest BCUT2D eigenvalue weighted by Crippen LogP contribution is -2.23. The van der Waals surface area contributed by atoms with Crippen molar-refractivity contribution < 1.29 is 19.4 Å². The van der Waals surface area contributed by atoms with E-state index in [4.69, 9.17) is 14.6 Å². The van der Waals surface area contributed by atoms with Crippen LogP contribution < -0.4 is 0 Å². The van der Waals surface area contributed by atoms with Gasteiger partial charge in [0.15, 0.2) is 12.4 Å². The van der Waals surface area contributed by atoms with Crippen molar-refractivity contribution >= 4 is 5.97 Å². The minimum atomic E-state index is -0.788. The van der Waals surface area contributed by atoms with Gasteiger partial charge in [-0.25, -0.2) is 4.79 Å². The van der Waals surface area contributed by atoms with Crippen molar-refractivity contribution in [3.63, 3.8) is 0 Å². The number of aliphatic hydroxyl groups excluding tert-OH is 1. The average molecular weight is 160 g/mol. The summed E-state index contributed by atoms with van der Waals surface area (Å²) in [6.45, 7) is 2.10. The first-order chi connectivity index (χ1) is 5.24. The van der Waals surface area contributed by atoms with Gasteiger partial charge < -0.3 is 14.6 Å². The number of carbonyl (C=O) groups excluding carboxylic acids is 1. The molecule has 1 heterocycles. The summed E-state index contributed by atoms with van der Waals surface area (Å²) < 4.78 is 9.56. The van der Waals surface area contributed by atoms with Gasteiger partial charge in [0.25, 0.3) is 0 Å². The van der Waals surface area contributed by atoms with Crippen molar-refractivity contribution in [1.82, 2.24) is 0 Å². The Morgan fingerprint density at radius 1 is 1.73 bits per heavy atom. The van der Waals surface area contributed by atoms with Crippen LogP contribution in [0.5, 0.6) is 0 Å². The second-order valence-electron chi connectivity index (χ2n) is 2.41. The normalized spacial score (nSPS) is 30.4. The van der Waals surface area contributed by atoms with E-state index < -0.39 is 12.4 Å². The van der Waals surface area contributed by atoms with Crippen LogP contribution in [-0.2, 0) is 14.3 Å². The van der Waals surface area contributed by atoms with E-state index in [0.717, 1.165) is 0 Å². The van der Waals surface area contributed by atoms with Crippen LogP contribution >= 0.6 is 0 Å². The quantitative estimate of drug-likeness (QED) is 0.580.